The first kappa shape index (κ1) is 25.1. The van der Waals surface area contributed by atoms with Gasteiger partial charge in [0.25, 0.3) is 5.91 Å². The predicted octanol–water partition coefficient (Wildman–Crippen LogP) is 3.75. The highest BCUT2D eigenvalue weighted by Gasteiger charge is 2.52. The van der Waals surface area contributed by atoms with Gasteiger partial charge in [0.15, 0.2) is 0 Å². The lowest BCUT2D eigenvalue weighted by Gasteiger charge is -2.39. The Morgan fingerprint density at radius 1 is 1.06 bits per heavy atom. The molecule has 4 amide bonds. The minimum atomic E-state index is -0.931. The third-order valence-corrected chi connectivity index (χ3v) is 8.01. The van der Waals surface area contributed by atoms with Gasteiger partial charge in [-0.1, -0.05) is 24.3 Å². The quantitative estimate of drug-likeness (QED) is 0.446. The molecule has 0 saturated carbocycles. The van der Waals surface area contributed by atoms with E-state index >= 15 is 0 Å². The second kappa shape index (κ2) is 10.7. The lowest BCUT2D eigenvalue weighted by atomic mass is 9.78. The summed E-state index contributed by atoms with van der Waals surface area (Å²) in [5, 5.41) is 2.96. The van der Waals surface area contributed by atoms with Crippen LogP contribution in [-0.4, -0.2) is 66.2 Å². The molecule has 7 nitrogen and oxygen atoms in total. The standard InChI is InChI=1S/C27H33N3O4S/c1-27(25(32)30(26(33)28-27)17-12-19-4-8-22(34-2)9-5-19)21-13-15-29(16-14-21)24(31)18-20-6-10-23(35-3)11-7-20/h4-11,21H,12-18H2,1-3H3,(H,28,33). The lowest BCUT2D eigenvalue weighted by Crippen LogP contribution is -2.54. The Balaban J connectivity index is 1.31. The van der Waals surface area contributed by atoms with Crippen molar-refractivity contribution in [3.63, 3.8) is 0 Å². The smallest absolute Gasteiger partial charge is 0.325 e. The van der Waals surface area contributed by atoms with Crippen molar-refractivity contribution >= 4 is 29.6 Å². The van der Waals surface area contributed by atoms with Gasteiger partial charge in [0.05, 0.1) is 13.5 Å². The zero-order valence-corrected chi connectivity index (χ0v) is 21.4. The highest BCUT2D eigenvalue weighted by Crippen LogP contribution is 2.33. The Morgan fingerprint density at radius 2 is 1.69 bits per heavy atom. The van der Waals surface area contributed by atoms with Gasteiger partial charge in [-0.3, -0.25) is 14.5 Å². The van der Waals surface area contributed by atoms with E-state index in [9.17, 15) is 14.4 Å². The zero-order chi connectivity index (χ0) is 25.0. The molecule has 2 heterocycles. The molecule has 2 fully saturated rings. The van der Waals surface area contributed by atoms with Crippen molar-refractivity contribution in [1.82, 2.24) is 15.1 Å². The summed E-state index contributed by atoms with van der Waals surface area (Å²) in [7, 11) is 1.62. The summed E-state index contributed by atoms with van der Waals surface area (Å²) in [6.07, 6.45) is 4.37. The number of ether oxygens (including phenoxy) is 1. The normalized spacial score (nSPS) is 20.8. The summed E-state index contributed by atoms with van der Waals surface area (Å²) in [5.74, 6) is 0.701. The fourth-order valence-corrected chi connectivity index (χ4v) is 5.37. The van der Waals surface area contributed by atoms with Gasteiger partial charge in [0.1, 0.15) is 11.3 Å². The molecule has 4 rings (SSSR count). The van der Waals surface area contributed by atoms with Crippen LogP contribution in [0.1, 0.15) is 30.9 Å². The Kier molecular flexibility index (Phi) is 7.69. The fourth-order valence-electron chi connectivity index (χ4n) is 4.96. The number of imide groups is 1. The summed E-state index contributed by atoms with van der Waals surface area (Å²) in [5.41, 5.74) is 1.11. The van der Waals surface area contributed by atoms with Gasteiger partial charge in [0, 0.05) is 24.5 Å². The number of urea groups is 1. The van der Waals surface area contributed by atoms with E-state index in [-0.39, 0.29) is 23.8 Å². The van der Waals surface area contributed by atoms with Crippen molar-refractivity contribution in [1.29, 1.82) is 0 Å². The van der Waals surface area contributed by atoms with E-state index < -0.39 is 5.54 Å². The SMILES string of the molecule is COc1ccc(CCN2C(=O)NC(C)(C3CCN(C(=O)Cc4ccc(SC)cc4)CC3)C2=O)cc1. The molecule has 2 aromatic rings. The summed E-state index contributed by atoms with van der Waals surface area (Å²) in [6.45, 7) is 3.35. The Morgan fingerprint density at radius 3 is 2.29 bits per heavy atom. The largest absolute Gasteiger partial charge is 0.497 e. The first-order valence-corrected chi connectivity index (χ1v) is 13.2. The van der Waals surface area contributed by atoms with Crippen molar-refractivity contribution in [2.24, 2.45) is 5.92 Å². The number of amides is 4. The summed E-state index contributed by atoms with van der Waals surface area (Å²) in [4.78, 5) is 43.2. The molecular weight excluding hydrogens is 462 g/mol. The first-order chi connectivity index (χ1) is 16.8. The van der Waals surface area contributed by atoms with E-state index in [0.29, 0.717) is 45.3 Å². The van der Waals surface area contributed by atoms with Crippen molar-refractivity contribution in [3.05, 3.63) is 59.7 Å². The molecule has 0 bridgehead atoms. The molecule has 0 aromatic heterocycles. The number of hydrogen-bond donors (Lipinski definition) is 1. The maximum atomic E-state index is 13.3. The first-order valence-electron chi connectivity index (χ1n) is 12.0. The van der Waals surface area contributed by atoms with E-state index in [1.165, 1.54) is 9.80 Å². The van der Waals surface area contributed by atoms with Gasteiger partial charge in [-0.05, 0) is 73.8 Å². The third-order valence-electron chi connectivity index (χ3n) is 7.26. The van der Waals surface area contributed by atoms with Gasteiger partial charge in [-0.15, -0.1) is 11.8 Å². The number of hydrogen-bond acceptors (Lipinski definition) is 5. The van der Waals surface area contributed by atoms with Gasteiger partial charge in [-0.2, -0.15) is 0 Å². The van der Waals surface area contributed by atoms with Crippen molar-refractivity contribution < 1.29 is 19.1 Å². The van der Waals surface area contributed by atoms with Crippen LogP contribution in [0.25, 0.3) is 0 Å². The predicted molar refractivity (Wildman–Crippen MR) is 137 cm³/mol. The molecule has 2 saturated heterocycles. The zero-order valence-electron chi connectivity index (χ0n) is 20.6. The van der Waals surface area contributed by atoms with Gasteiger partial charge in [-0.25, -0.2) is 4.79 Å². The highest BCUT2D eigenvalue weighted by molar-refractivity contribution is 7.98. The van der Waals surface area contributed by atoms with Crippen molar-refractivity contribution in [2.75, 3.05) is 33.0 Å². The number of rotatable bonds is 8. The van der Waals surface area contributed by atoms with Gasteiger partial charge < -0.3 is 15.0 Å². The minimum Gasteiger partial charge on any atom is -0.497 e. The monoisotopic (exact) mass is 495 g/mol. The second-order valence-electron chi connectivity index (χ2n) is 9.37. The van der Waals surface area contributed by atoms with Gasteiger partial charge in [0.2, 0.25) is 5.91 Å². The topological polar surface area (TPSA) is 79.0 Å². The highest BCUT2D eigenvalue weighted by atomic mass is 32.2. The van der Waals surface area contributed by atoms with Crippen molar-refractivity contribution in [3.8, 4) is 5.75 Å². The Labute approximate surface area is 211 Å². The molecule has 0 spiro atoms. The number of nitrogens with one attached hydrogen (secondary N) is 1. The molecular formula is C27H33N3O4S. The van der Waals surface area contributed by atoms with Crippen LogP contribution < -0.4 is 10.1 Å². The summed E-state index contributed by atoms with van der Waals surface area (Å²) in [6, 6.07) is 15.4. The molecule has 1 unspecified atom stereocenters. The van der Waals surface area contributed by atoms with Crippen LogP contribution in [0.3, 0.4) is 0 Å². The number of benzene rings is 2. The number of methoxy groups -OCH3 is 1. The number of carbonyl (C=O) groups is 3. The fraction of sp³-hybridized carbons (Fsp3) is 0.444. The van der Waals surface area contributed by atoms with Crippen LogP contribution in [0.2, 0.25) is 0 Å². The Hall–Kier alpha value is -3.00. The molecule has 186 valence electrons. The third kappa shape index (κ3) is 5.48. The van der Waals surface area contributed by atoms with E-state index in [1.54, 1.807) is 18.9 Å². The molecule has 1 atom stereocenters. The van der Waals surface area contributed by atoms with E-state index in [1.807, 2.05) is 66.6 Å². The van der Waals surface area contributed by atoms with E-state index in [2.05, 4.69) is 5.32 Å². The molecule has 8 heteroatoms. The molecule has 2 aromatic carbocycles. The number of likely N-dealkylation sites (tertiary alicyclic amines) is 1. The van der Waals surface area contributed by atoms with Crippen LogP contribution >= 0.6 is 11.8 Å². The van der Waals surface area contributed by atoms with E-state index in [4.69, 9.17) is 4.74 Å². The number of carbonyl (C=O) groups excluding carboxylic acids is 3. The number of thioether (sulfide) groups is 1. The van der Waals surface area contributed by atoms with Crippen LogP contribution in [0.4, 0.5) is 4.79 Å². The average Bonchev–Trinajstić information content (AvgIpc) is 3.11. The average molecular weight is 496 g/mol. The lowest BCUT2D eigenvalue weighted by molar-refractivity contribution is -0.135. The number of piperidine rings is 1. The van der Waals surface area contributed by atoms with Crippen LogP contribution in [0.15, 0.2) is 53.4 Å². The molecule has 0 radical (unpaired) electrons. The number of nitrogens with zero attached hydrogens (tertiary/aromatic N) is 2. The van der Waals surface area contributed by atoms with Crippen LogP contribution in [-0.2, 0) is 22.4 Å². The van der Waals surface area contributed by atoms with Gasteiger partial charge >= 0.3 is 6.03 Å². The maximum Gasteiger partial charge on any atom is 0.325 e. The molecule has 1 N–H and O–H groups in total. The summed E-state index contributed by atoms with van der Waals surface area (Å²) >= 11 is 1.68. The molecule has 2 aliphatic rings. The Bertz CT molecular complexity index is 1060. The van der Waals surface area contributed by atoms with Crippen LogP contribution in [0, 0.1) is 5.92 Å². The van der Waals surface area contributed by atoms with Crippen LogP contribution in [0.5, 0.6) is 5.75 Å². The molecule has 35 heavy (non-hydrogen) atoms. The second-order valence-corrected chi connectivity index (χ2v) is 10.2. The summed E-state index contributed by atoms with van der Waals surface area (Å²) < 4.78 is 5.18. The van der Waals surface area contributed by atoms with Crippen molar-refractivity contribution in [2.45, 2.75) is 43.0 Å². The van der Waals surface area contributed by atoms with E-state index in [0.717, 1.165) is 16.9 Å². The minimum absolute atomic E-state index is 0.00477. The molecule has 2 aliphatic heterocycles. The maximum absolute atomic E-state index is 13.3. The molecule has 0 aliphatic carbocycles.